The Hall–Kier alpha value is -1.09. The average Bonchev–Trinajstić information content (AvgIpc) is 2.91. The Balaban J connectivity index is 2.12. The van der Waals surface area contributed by atoms with Gasteiger partial charge < -0.3 is 4.57 Å². The van der Waals surface area contributed by atoms with E-state index in [4.69, 9.17) is 11.6 Å². The molecule has 3 rings (SSSR count). The molecule has 0 bridgehead atoms. The van der Waals surface area contributed by atoms with Crippen LogP contribution in [-0.2, 0) is 6.42 Å². The molecular formula is C16H20ClFN2. The van der Waals surface area contributed by atoms with E-state index < -0.39 is 0 Å². The fourth-order valence-electron chi connectivity index (χ4n) is 3.42. The van der Waals surface area contributed by atoms with Crippen molar-refractivity contribution in [2.75, 3.05) is 5.88 Å². The van der Waals surface area contributed by atoms with Crippen LogP contribution in [0.3, 0.4) is 0 Å². The van der Waals surface area contributed by atoms with Gasteiger partial charge in [-0.1, -0.05) is 19.9 Å². The predicted molar refractivity (Wildman–Crippen MR) is 80.8 cm³/mol. The molecule has 1 aliphatic carbocycles. The lowest BCUT2D eigenvalue weighted by molar-refractivity contribution is 0.358. The van der Waals surface area contributed by atoms with Crippen LogP contribution in [-0.4, -0.2) is 15.4 Å². The average molecular weight is 295 g/mol. The lowest BCUT2D eigenvalue weighted by Crippen LogP contribution is -2.12. The Morgan fingerprint density at radius 3 is 2.90 bits per heavy atom. The van der Waals surface area contributed by atoms with Crippen LogP contribution in [0.25, 0.3) is 11.0 Å². The van der Waals surface area contributed by atoms with Crippen LogP contribution in [0.5, 0.6) is 0 Å². The van der Waals surface area contributed by atoms with Crippen LogP contribution in [0.2, 0.25) is 0 Å². The Morgan fingerprint density at radius 2 is 2.25 bits per heavy atom. The summed E-state index contributed by atoms with van der Waals surface area (Å²) in [6, 6.07) is 5.62. The second-order valence-electron chi connectivity index (χ2n) is 6.51. The molecule has 1 aromatic heterocycles. The van der Waals surface area contributed by atoms with E-state index in [0.717, 1.165) is 24.2 Å². The van der Waals surface area contributed by atoms with Gasteiger partial charge in [-0.2, -0.15) is 0 Å². The third-order valence-electron chi connectivity index (χ3n) is 4.37. The fraction of sp³-hybridized carbons (Fsp3) is 0.562. The number of imidazole rings is 1. The first-order valence-electron chi connectivity index (χ1n) is 7.23. The number of para-hydroxylation sites is 1. The molecule has 1 aliphatic rings. The zero-order valence-electron chi connectivity index (χ0n) is 12.0. The summed E-state index contributed by atoms with van der Waals surface area (Å²) < 4.78 is 16.2. The molecule has 1 unspecified atom stereocenters. The third-order valence-corrected chi connectivity index (χ3v) is 4.56. The summed E-state index contributed by atoms with van der Waals surface area (Å²) in [6.45, 7) is 4.60. The number of benzene rings is 1. The Morgan fingerprint density at radius 1 is 1.45 bits per heavy atom. The van der Waals surface area contributed by atoms with Gasteiger partial charge >= 0.3 is 0 Å². The van der Waals surface area contributed by atoms with E-state index in [9.17, 15) is 4.39 Å². The lowest BCUT2D eigenvalue weighted by Gasteiger charge is -2.20. The van der Waals surface area contributed by atoms with Gasteiger partial charge in [0, 0.05) is 18.3 Å². The minimum Gasteiger partial charge on any atom is -0.325 e. The van der Waals surface area contributed by atoms with Crippen LogP contribution in [0.15, 0.2) is 18.2 Å². The van der Waals surface area contributed by atoms with Gasteiger partial charge in [0.05, 0.1) is 5.52 Å². The highest BCUT2D eigenvalue weighted by molar-refractivity contribution is 6.17. The van der Waals surface area contributed by atoms with Crippen LogP contribution < -0.4 is 0 Å². The van der Waals surface area contributed by atoms with Crippen molar-refractivity contribution >= 4 is 22.6 Å². The van der Waals surface area contributed by atoms with Crippen molar-refractivity contribution in [1.29, 1.82) is 0 Å². The Labute approximate surface area is 123 Å². The Bertz CT molecular complexity index is 633. The SMILES string of the molecule is CC1(C)CCC(n2c(CCCl)nc3c(F)cccc32)C1. The third kappa shape index (κ3) is 2.32. The molecular weight excluding hydrogens is 275 g/mol. The van der Waals surface area contributed by atoms with Gasteiger partial charge in [-0.25, -0.2) is 9.37 Å². The second-order valence-corrected chi connectivity index (χ2v) is 6.88. The highest BCUT2D eigenvalue weighted by atomic mass is 35.5. The highest BCUT2D eigenvalue weighted by Crippen LogP contribution is 2.45. The van der Waals surface area contributed by atoms with Gasteiger partial charge in [0.25, 0.3) is 0 Å². The normalized spacial score (nSPS) is 21.7. The number of aryl methyl sites for hydroxylation is 1. The molecule has 1 saturated carbocycles. The Kier molecular flexibility index (Phi) is 3.49. The molecule has 0 saturated heterocycles. The monoisotopic (exact) mass is 294 g/mol. The molecule has 0 aliphatic heterocycles. The number of halogens is 2. The van der Waals surface area contributed by atoms with E-state index in [-0.39, 0.29) is 5.82 Å². The topological polar surface area (TPSA) is 17.8 Å². The van der Waals surface area contributed by atoms with E-state index >= 15 is 0 Å². The molecule has 20 heavy (non-hydrogen) atoms. The second kappa shape index (κ2) is 5.03. The summed E-state index contributed by atoms with van der Waals surface area (Å²) in [7, 11) is 0. The van der Waals surface area contributed by atoms with Gasteiger partial charge in [-0.05, 0) is 36.8 Å². The lowest BCUT2D eigenvalue weighted by atomic mass is 9.92. The number of hydrogen-bond donors (Lipinski definition) is 0. The van der Waals surface area contributed by atoms with Crippen molar-refractivity contribution in [3.05, 3.63) is 29.8 Å². The van der Waals surface area contributed by atoms with Crippen LogP contribution in [0.4, 0.5) is 4.39 Å². The standard InChI is InChI=1S/C16H20ClFN2/c1-16(2)8-6-11(10-16)20-13-5-3-4-12(18)15(13)19-14(20)7-9-17/h3-5,11H,6-10H2,1-2H3. The summed E-state index contributed by atoms with van der Waals surface area (Å²) in [5.41, 5.74) is 1.75. The first-order chi connectivity index (χ1) is 9.52. The number of fused-ring (bicyclic) bond motifs is 1. The number of rotatable bonds is 3. The summed E-state index contributed by atoms with van der Waals surface area (Å²) in [5, 5.41) is 0. The highest BCUT2D eigenvalue weighted by Gasteiger charge is 2.33. The first-order valence-corrected chi connectivity index (χ1v) is 7.76. The van der Waals surface area contributed by atoms with Crippen molar-refractivity contribution in [3.8, 4) is 0 Å². The smallest absolute Gasteiger partial charge is 0.151 e. The first kappa shape index (κ1) is 13.9. The van der Waals surface area contributed by atoms with Crippen LogP contribution >= 0.6 is 11.6 Å². The van der Waals surface area contributed by atoms with Gasteiger partial charge in [0.1, 0.15) is 11.3 Å². The van der Waals surface area contributed by atoms with Crippen molar-refractivity contribution in [2.24, 2.45) is 5.41 Å². The maximum absolute atomic E-state index is 14.0. The molecule has 1 heterocycles. The van der Waals surface area contributed by atoms with E-state index in [0.29, 0.717) is 29.3 Å². The van der Waals surface area contributed by atoms with Crippen LogP contribution in [0, 0.1) is 11.2 Å². The summed E-state index contributed by atoms with van der Waals surface area (Å²) in [4.78, 5) is 4.50. The summed E-state index contributed by atoms with van der Waals surface area (Å²) >= 11 is 5.89. The van der Waals surface area contributed by atoms with E-state index in [1.165, 1.54) is 12.5 Å². The molecule has 1 aromatic carbocycles. The molecule has 0 spiro atoms. The number of alkyl halides is 1. The molecule has 4 heteroatoms. The zero-order valence-corrected chi connectivity index (χ0v) is 12.8. The summed E-state index contributed by atoms with van der Waals surface area (Å²) in [5.74, 6) is 1.19. The molecule has 0 N–H and O–H groups in total. The van der Waals surface area contributed by atoms with Gasteiger partial charge in [0.2, 0.25) is 0 Å². The minimum atomic E-state index is -0.241. The molecule has 2 aromatic rings. The maximum Gasteiger partial charge on any atom is 0.151 e. The molecule has 1 atom stereocenters. The largest absolute Gasteiger partial charge is 0.325 e. The van der Waals surface area contributed by atoms with Crippen molar-refractivity contribution < 1.29 is 4.39 Å². The maximum atomic E-state index is 14.0. The number of hydrogen-bond acceptors (Lipinski definition) is 1. The van der Waals surface area contributed by atoms with Crippen LogP contribution in [0.1, 0.15) is 45.0 Å². The van der Waals surface area contributed by atoms with Crippen molar-refractivity contribution in [1.82, 2.24) is 9.55 Å². The van der Waals surface area contributed by atoms with Gasteiger partial charge in [-0.3, -0.25) is 0 Å². The predicted octanol–water partition coefficient (Wildman–Crippen LogP) is 4.71. The summed E-state index contributed by atoms with van der Waals surface area (Å²) in [6.07, 6.45) is 4.13. The molecule has 108 valence electrons. The van der Waals surface area contributed by atoms with Crippen molar-refractivity contribution in [3.63, 3.8) is 0 Å². The van der Waals surface area contributed by atoms with Gasteiger partial charge in [-0.15, -0.1) is 11.6 Å². The zero-order chi connectivity index (χ0) is 14.3. The fourth-order valence-corrected chi connectivity index (χ4v) is 3.59. The van der Waals surface area contributed by atoms with Gasteiger partial charge in [0.15, 0.2) is 5.82 Å². The molecule has 0 amide bonds. The van der Waals surface area contributed by atoms with E-state index in [1.807, 2.05) is 6.07 Å². The minimum absolute atomic E-state index is 0.241. The number of aromatic nitrogens is 2. The molecule has 2 nitrogen and oxygen atoms in total. The quantitative estimate of drug-likeness (QED) is 0.750. The molecule has 1 fully saturated rings. The van der Waals surface area contributed by atoms with E-state index in [2.05, 4.69) is 23.4 Å². The molecule has 0 radical (unpaired) electrons. The number of nitrogens with zero attached hydrogens (tertiary/aromatic N) is 2. The van der Waals surface area contributed by atoms with E-state index in [1.54, 1.807) is 6.07 Å². The van der Waals surface area contributed by atoms with Crippen molar-refractivity contribution in [2.45, 2.75) is 45.6 Å².